The van der Waals surface area contributed by atoms with Crippen LogP contribution in [0.4, 0.5) is 0 Å². The third-order valence-electron chi connectivity index (χ3n) is 4.37. The van der Waals surface area contributed by atoms with Crippen LogP contribution < -0.4 is 0 Å². The van der Waals surface area contributed by atoms with Gasteiger partial charge in [-0.2, -0.15) is 0 Å². The summed E-state index contributed by atoms with van der Waals surface area (Å²) in [4.78, 5) is 11.6. The van der Waals surface area contributed by atoms with Gasteiger partial charge in [0.15, 0.2) is 0 Å². The standard InChI is InChI=1S/C21H45NO2/c1-4-7-9-11-13-14-16-18-21-24-22(19-6-3)23-20-17-15-12-10-8-5-2/h4-21H2,1-3H3. The molecule has 0 aliphatic heterocycles. The summed E-state index contributed by atoms with van der Waals surface area (Å²) in [5, 5.41) is 1.73. The van der Waals surface area contributed by atoms with Crippen LogP contribution in [0.1, 0.15) is 117 Å². The number of hydrogen-bond acceptors (Lipinski definition) is 3. The Kier molecular flexibility index (Phi) is 20.8. The fourth-order valence-electron chi connectivity index (χ4n) is 2.80. The first-order valence-corrected chi connectivity index (χ1v) is 10.9. The van der Waals surface area contributed by atoms with Crippen molar-refractivity contribution in [2.75, 3.05) is 19.8 Å². The predicted molar refractivity (Wildman–Crippen MR) is 105 cm³/mol. The molecular weight excluding hydrogens is 298 g/mol. The van der Waals surface area contributed by atoms with Gasteiger partial charge in [-0.1, -0.05) is 103 Å². The molecule has 24 heavy (non-hydrogen) atoms. The van der Waals surface area contributed by atoms with E-state index >= 15 is 0 Å². The second-order valence-corrected chi connectivity index (χ2v) is 6.97. The Balaban J connectivity index is 3.42. The van der Waals surface area contributed by atoms with Crippen molar-refractivity contribution >= 4 is 0 Å². The zero-order chi connectivity index (χ0) is 17.7. The van der Waals surface area contributed by atoms with Gasteiger partial charge in [-0.15, -0.1) is 0 Å². The largest absolute Gasteiger partial charge is 0.274 e. The second kappa shape index (κ2) is 20.9. The highest BCUT2D eigenvalue weighted by Crippen LogP contribution is 2.09. The molecule has 0 aromatic heterocycles. The molecule has 0 amide bonds. The topological polar surface area (TPSA) is 21.7 Å². The number of nitrogens with zero attached hydrogens (tertiary/aromatic N) is 1. The average molecular weight is 344 g/mol. The van der Waals surface area contributed by atoms with Crippen LogP contribution in [0.25, 0.3) is 0 Å². The maximum Gasteiger partial charge on any atom is 0.0711 e. The van der Waals surface area contributed by atoms with Gasteiger partial charge in [0.25, 0.3) is 0 Å². The Morgan fingerprint density at radius 1 is 0.458 bits per heavy atom. The predicted octanol–water partition coefficient (Wildman–Crippen LogP) is 7.06. The van der Waals surface area contributed by atoms with Crippen LogP contribution in [0.15, 0.2) is 0 Å². The van der Waals surface area contributed by atoms with Crippen molar-refractivity contribution in [1.82, 2.24) is 5.23 Å². The molecule has 0 fully saturated rings. The lowest BCUT2D eigenvalue weighted by molar-refractivity contribution is -0.368. The molecule has 0 heterocycles. The van der Waals surface area contributed by atoms with Crippen LogP contribution in [0.2, 0.25) is 0 Å². The van der Waals surface area contributed by atoms with E-state index in [0.717, 1.165) is 39.0 Å². The lowest BCUT2D eigenvalue weighted by atomic mass is 10.1. The fraction of sp³-hybridized carbons (Fsp3) is 1.00. The highest BCUT2D eigenvalue weighted by Gasteiger charge is 2.04. The van der Waals surface area contributed by atoms with E-state index in [0.29, 0.717) is 0 Å². The van der Waals surface area contributed by atoms with Crippen molar-refractivity contribution < 1.29 is 9.68 Å². The van der Waals surface area contributed by atoms with Gasteiger partial charge in [-0.05, 0) is 19.3 Å². The third-order valence-corrected chi connectivity index (χ3v) is 4.37. The van der Waals surface area contributed by atoms with Crippen molar-refractivity contribution in [3.8, 4) is 0 Å². The van der Waals surface area contributed by atoms with Gasteiger partial charge in [0.1, 0.15) is 0 Å². The Hall–Kier alpha value is -0.120. The van der Waals surface area contributed by atoms with Crippen molar-refractivity contribution in [3.63, 3.8) is 0 Å². The number of hydroxylamine groups is 2. The van der Waals surface area contributed by atoms with E-state index in [2.05, 4.69) is 20.8 Å². The number of hydrogen-bond donors (Lipinski definition) is 0. The lowest BCUT2D eigenvalue weighted by Crippen LogP contribution is -2.26. The summed E-state index contributed by atoms with van der Waals surface area (Å²) < 4.78 is 0. The molecule has 0 N–H and O–H groups in total. The first-order chi connectivity index (χ1) is 11.8. The van der Waals surface area contributed by atoms with E-state index in [1.54, 1.807) is 5.23 Å². The molecule has 0 saturated heterocycles. The Bertz CT molecular complexity index is 224. The zero-order valence-corrected chi connectivity index (χ0v) is 17.0. The first-order valence-electron chi connectivity index (χ1n) is 10.9. The minimum absolute atomic E-state index is 0.795. The fourth-order valence-corrected chi connectivity index (χ4v) is 2.80. The Labute approximate surface area is 152 Å². The van der Waals surface area contributed by atoms with Gasteiger partial charge in [-0.3, -0.25) is 9.68 Å². The van der Waals surface area contributed by atoms with Crippen LogP contribution in [0, 0.1) is 0 Å². The highest BCUT2D eigenvalue weighted by molar-refractivity contribution is 4.46. The maximum absolute atomic E-state index is 5.78. The number of rotatable bonds is 20. The molecule has 0 saturated carbocycles. The Morgan fingerprint density at radius 2 is 0.833 bits per heavy atom. The SMILES string of the molecule is CCCCCCCCCCON(CCC)OCCCCCCCC. The molecule has 0 aromatic carbocycles. The van der Waals surface area contributed by atoms with E-state index in [1.165, 1.54) is 77.0 Å². The quantitative estimate of drug-likeness (QED) is 0.174. The minimum atomic E-state index is 0.795. The summed E-state index contributed by atoms with van der Waals surface area (Å²) in [7, 11) is 0. The molecule has 3 nitrogen and oxygen atoms in total. The van der Waals surface area contributed by atoms with Crippen LogP contribution in [-0.2, 0) is 9.68 Å². The molecule has 0 unspecified atom stereocenters. The molecule has 0 aliphatic carbocycles. The molecule has 0 bridgehead atoms. The van der Waals surface area contributed by atoms with Crippen molar-refractivity contribution in [2.45, 2.75) is 117 Å². The summed E-state index contributed by atoms with van der Waals surface area (Å²) in [6.45, 7) is 9.16. The van der Waals surface area contributed by atoms with Crippen LogP contribution in [-0.4, -0.2) is 25.0 Å². The zero-order valence-electron chi connectivity index (χ0n) is 17.0. The lowest BCUT2D eigenvalue weighted by Gasteiger charge is -2.20. The summed E-state index contributed by atoms with van der Waals surface area (Å²) in [6.07, 6.45) is 19.6. The summed E-state index contributed by atoms with van der Waals surface area (Å²) >= 11 is 0. The van der Waals surface area contributed by atoms with E-state index in [4.69, 9.17) is 9.68 Å². The monoisotopic (exact) mass is 343 g/mol. The van der Waals surface area contributed by atoms with E-state index in [9.17, 15) is 0 Å². The van der Waals surface area contributed by atoms with Gasteiger partial charge in [-0.25, -0.2) is 0 Å². The average Bonchev–Trinajstić information content (AvgIpc) is 2.59. The van der Waals surface area contributed by atoms with E-state index in [-0.39, 0.29) is 0 Å². The molecule has 0 radical (unpaired) electrons. The molecular formula is C21H45NO2. The van der Waals surface area contributed by atoms with Gasteiger partial charge >= 0.3 is 0 Å². The summed E-state index contributed by atoms with van der Waals surface area (Å²) in [6, 6.07) is 0. The highest BCUT2D eigenvalue weighted by atomic mass is 16.9. The first kappa shape index (κ1) is 23.9. The number of unbranched alkanes of at least 4 members (excludes halogenated alkanes) is 12. The molecule has 0 aromatic rings. The van der Waals surface area contributed by atoms with Gasteiger partial charge < -0.3 is 0 Å². The van der Waals surface area contributed by atoms with Gasteiger partial charge in [0.2, 0.25) is 0 Å². The smallest absolute Gasteiger partial charge is 0.0711 e. The molecule has 3 heteroatoms. The van der Waals surface area contributed by atoms with Crippen molar-refractivity contribution in [1.29, 1.82) is 0 Å². The van der Waals surface area contributed by atoms with Gasteiger partial charge in [0.05, 0.1) is 19.8 Å². The van der Waals surface area contributed by atoms with Crippen molar-refractivity contribution in [3.05, 3.63) is 0 Å². The second-order valence-electron chi connectivity index (χ2n) is 6.97. The molecule has 0 atom stereocenters. The van der Waals surface area contributed by atoms with Crippen LogP contribution in [0.5, 0.6) is 0 Å². The van der Waals surface area contributed by atoms with E-state index < -0.39 is 0 Å². The third kappa shape index (κ3) is 18.2. The molecule has 0 rings (SSSR count). The van der Waals surface area contributed by atoms with Gasteiger partial charge in [0, 0.05) is 0 Å². The molecule has 0 aliphatic rings. The maximum atomic E-state index is 5.78. The summed E-state index contributed by atoms with van der Waals surface area (Å²) in [5.74, 6) is 0. The Morgan fingerprint density at radius 3 is 1.21 bits per heavy atom. The summed E-state index contributed by atoms with van der Waals surface area (Å²) in [5.41, 5.74) is 0. The van der Waals surface area contributed by atoms with E-state index in [1.807, 2.05) is 0 Å². The minimum Gasteiger partial charge on any atom is -0.274 e. The normalized spacial score (nSPS) is 11.5. The van der Waals surface area contributed by atoms with Crippen molar-refractivity contribution in [2.24, 2.45) is 0 Å². The van der Waals surface area contributed by atoms with Crippen LogP contribution >= 0.6 is 0 Å². The van der Waals surface area contributed by atoms with Crippen LogP contribution in [0.3, 0.4) is 0 Å². The molecule has 146 valence electrons. The molecule has 0 spiro atoms.